The first kappa shape index (κ1) is 24.4. The Labute approximate surface area is 203 Å². The van der Waals surface area contributed by atoms with E-state index in [4.69, 9.17) is 0 Å². The number of likely N-dealkylation sites (tertiary alicyclic amines) is 1. The number of carbonyl (C=O) groups excluding carboxylic acids is 2. The maximum Gasteiger partial charge on any atom is 0.230 e. The van der Waals surface area contributed by atoms with Crippen molar-refractivity contribution in [1.82, 2.24) is 19.7 Å². The largest absolute Gasteiger partial charge is 0.341 e. The number of amides is 2. The molecule has 1 saturated heterocycles. The van der Waals surface area contributed by atoms with Crippen LogP contribution in [0, 0.1) is 25.2 Å². The molecule has 1 aliphatic carbocycles. The molecular formula is C27H39N5O2. The predicted octanol–water partition coefficient (Wildman–Crippen LogP) is 4.80. The molecule has 1 aromatic heterocycles. The minimum Gasteiger partial charge on any atom is -0.341 e. The van der Waals surface area contributed by atoms with Crippen LogP contribution in [0.15, 0.2) is 18.2 Å². The van der Waals surface area contributed by atoms with Crippen molar-refractivity contribution >= 4 is 17.5 Å². The summed E-state index contributed by atoms with van der Waals surface area (Å²) in [7, 11) is 0. The molecule has 0 spiro atoms. The maximum absolute atomic E-state index is 13.5. The van der Waals surface area contributed by atoms with E-state index in [1.165, 1.54) is 0 Å². The van der Waals surface area contributed by atoms with Gasteiger partial charge in [-0.15, -0.1) is 10.2 Å². The Morgan fingerprint density at radius 1 is 1.15 bits per heavy atom. The molecule has 0 bridgehead atoms. The third-order valence-electron chi connectivity index (χ3n) is 7.76. The topological polar surface area (TPSA) is 80.1 Å². The molecule has 0 unspecified atom stereocenters. The van der Waals surface area contributed by atoms with Crippen LogP contribution in [0.3, 0.4) is 0 Å². The summed E-state index contributed by atoms with van der Waals surface area (Å²) in [4.78, 5) is 27.6. The van der Waals surface area contributed by atoms with E-state index in [-0.39, 0.29) is 29.1 Å². The first-order valence-corrected chi connectivity index (χ1v) is 12.7. The van der Waals surface area contributed by atoms with E-state index in [1.807, 2.05) is 26.0 Å². The fraction of sp³-hybridized carbons (Fsp3) is 0.630. The summed E-state index contributed by atoms with van der Waals surface area (Å²) < 4.78 is 2.30. The monoisotopic (exact) mass is 465 g/mol. The van der Waals surface area contributed by atoms with Crippen LogP contribution < -0.4 is 5.32 Å². The predicted molar refractivity (Wildman–Crippen MR) is 134 cm³/mol. The van der Waals surface area contributed by atoms with Crippen LogP contribution >= 0.6 is 0 Å². The number of nitrogens with one attached hydrogen (secondary N) is 1. The SMILES string of the molecule is CCC(C)(C)CCc1nnc([C@H]2CN(C(C)=O)C[C@@H]2C(=O)Nc2ccc(C)cc2C)n1C1CC1. The molecule has 7 heteroatoms. The fourth-order valence-electron chi connectivity index (χ4n) is 4.89. The zero-order valence-electron chi connectivity index (χ0n) is 21.5. The number of benzene rings is 1. The van der Waals surface area contributed by atoms with Gasteiger partial charge in [-0.05, 0) is 50.2 Å². The number of aromatic nitrogens is 3. The minimum atomic E-state index is -0.355. The molecule has 1 N–H and O–H groups in total. The van der Waals surface area contributed by atoms with Crippen LogP contribution in [0.25, 0.3) is 0 Å². The van der Waals surface area contributed by atoms with Gasteiger partial charge in [0.1, 0.15) is 11.6 Å². The smallest absolute Gasteiger partial charge is 0.230 e. The van der Waals surface area contributed by atoms with Crippen LogP contribution in [-0.4, -0.2) is 44.6 Å². The Kier molecular flexibility index (Phi) is 6.83. The van der Waals surface area contributed by atoms with E-state index in [0.717, 1.165) is 60.6 Å². The van der Waals surface area contributed by atoms with Crippen LogP contribution in [0.5, 0.6) is 0 Å². The van der Waals surface area contributed by atoms with E-state index in [0.29, 0.717) is 19.1 Å². The van der Waals surface area contributed by atoms with Crippen molar-refractivity contribution in [2.24, 2.45) is 11.3 Å². The van der Waals surface area contributed by atoms with Gasteiger partial charge in [0.2, 0.25) is 11.8 Å². The Bertz CT molecular complexity index is 1070. The van der Waals surface area contributed by atoms with Gasteiger partial charge in [-0.25, -0.2) is 0 Å². The van der Waals surface area contributed by atoms with Crippen molar-refractivity contribution in [3.05, 3.63) is 41.0 Å². The third-order valence-corrected chi connectivity index (χ3v) is 7.76. The number of carbonyl (C=O) groups is 2. The van der Waals surface area contributed by atoms with Gasteiger partial charge in [-0.3, -0.25) is 9.59 Å². The second-order valence-electron chi connectivity index (χ2n) is 11.0. The van der Waals surface area contributed by atoms with Crippen molar-refractivity contribution in [2.75, 3.05) is 18.4 Å². The highest BCUT2D eigenvalue weighted by atomic mass is 16.2. The average molecular weight is 466 g/mol. The molecule has 2 fully saturated rings. The maximum atomic E-state index is 13.5. The molecule has 1 aliphatic heterocycles. The fourth-order valence-corrected chi connectivity index (χ4v) is 4.89. The van der Waals surface area contributed by atoms with Crippen LogP contribution in [0.2, 0.25) is 0 Å². The summed E-state index contributed by atoms with van der Waals surface area (Å²) in [5, 5.41) is 12.4. The Morgan fingerprint density at radius 3 is 2.50 bits per heavy atom. The molecule has 2 aromatic rings. The van der Waals surface area contributed by atoms with Gasteiger partial charge in [0.25, 0.3) is 0 Å². The van der Waals surface area contributed by atoms with Crippen molar-refractivity contribution in [2.45, 2.75) is 85.6 Å². The minimum absolute atomic E-state index is 0.00535. The Hall–Kier alpha value is -2.70. The van der Waals surface area contributed by atoms with Crippen LogP contribution in [0.4, 0.5) is 5.69 Å². The summed E-state index contributed by atoms with van der Waals surface area (Å²) in [6.45, 7) is 13.3. The van der Waals surface area contributed by atoms with Crippen LogP contribution in [0.1, 0.15) is 88.1 Å². The highest BCUT2D eigenvalue weighted by Gasteiger charge is 2.44. The molecule has 1 saturated carbocycles. The molecule has 184 valence electrons. The van der Waals surface area contributed by atoms with Gasteiger partial charge >= 0.3 is 0 Å². The van der Waals surface area contributed by atoms with Gasteiger partial charge in [-0.2, -0.15) is 0 Å². The highest BCUT2D eigenvalue weighted by Crippen LogP contribution is 2.42. The number of anilines is 1. The standard InChI is InChI=1S/C27H39N5O2/c1-7-27(5,6)13-12-24-29-30-25(32(24)20-9-10-20)21-15-31(19(4)33)16-22(21)26(34)28-23-11-8-17(2)14-18(23)3/h8,11,14,20-22H,7,9-10,12-13,15-16H2,1-6H3,(H,28,34)/t21-,22-/m0/s1. The molecule has 34 heavy (non-hydrogen) atoms. The summed E-state index contributed by atoms with van der Waals surface area (Å²) in [6.07, 6.45) is 5.30. The lowest BCUT2D eigenvalue weighted by atomic mass is 9.85. The van der Waals surface area contributed by atoms with E-state index >= 15 is 0 Å². The molecule has 1 aromatic carbocycles. The van der Waals surface area contributed by atoms with Crippen LogP contribution in [-0.2, 0) is 16.0 Å². The molecular weight excluding hydrogens is 426 g/mol. The molecule has 2 heterocycles. The Morgan fingerprint density at radius 2 is 1.88 bits per heavy atom. The summed E-state index contributed by atoms with van der Waals surface area (Å²) in [6, 6.07) is 6.44. The second-order valence-corrected chi connectivity index (χ2v) is 11.0. The summed E-state index contributed by atoms with van der Waals surface area (Å²) in [5.74, 6) is 1.32. The zero-order chi connectivity index (χ0) is 24.6. The van der Waals surface area contributed by atoms with Crippen molar-refractivity contribution < 1.29 is 9.59 Å². The number of rotatable bonds is 8. The van der Waals surface area contributed by atoms with Gasteiger partial charge in [0.05, 0.1) is 11.8 Å². The quantitative estimate of drug-likeness (QED) is 0.607. The zero-order valence-corrected chi connectivity index (χ0v) is 21.5. The first-order chi connectivity index (χ1) is 16.1. The first-order valence-electron chi connectivity index (χ1n) is 12.7. The summed E-state index contributed by atoms with van der Waals surface area (Å²) >= 11 is 0. The van der Waals surface area contributed by atoms with Gasteiger partial charge in [0.15, 0.2) is 0 Å². The van der Waals surface area contributed by atoms with Gasteiger partial charge < -0.3 is 14.8 Å². The molecule has 2 atom stereocenters. The van der Waals surface area contributed by atoms with Gasteiger partial charge in [-0.1, -0.05) is 44.9 Å². The average Bonchev–Trinajstić information content (AvgIpc) is 3.37. The van der Waals surface area contributed by atoms with E-state index in [1.54, 1.807) is 11.8 Å². The highest BCUT2D eigenvalue weighted by molar-refractivity contribution is 5.94. The van der Waals surface area contributed by atoms with E-state index in [9.17, 15) is 9.59 Å². The van der Waals surface area contributed by atoms with Crippen molar-refractivity contribution in [3.8, 4) is 0 Å². The molecule has 2 amide bonds. The van der Waals surface area contributed by atoms with Gasteiger partial charge in [0, 0.05) is 38.2 Å². The third kappa shape index (κ3) is 5.18. The lowest BCUT2D eigenvalue weighted by Crippen LogP contribution is -2.31. The molecule has 7 nitrogen and oxygen atoms in total. The number of hydrogen-bond acceptors (Lipinski definition) is 4. The molecule has 4 rings (SSSR count). The molecule has 0 radical (unpaired) electrons. The Balaban J connectivity index is 1.61. The second kappa shape index (κ2) is 9.51. The van der Waals surface area contributed by atoms with E-state index < -0.39 is 0 Å². The van der Waals surface area contributed by atoms with E-state index in [2.05, 4.69) is 46.9 Å². The molecule has 2 aliphatic rings. The van der Waals surface area contributed by atoms with Crippen molar-refractivity contribution in [1.29, 1.82) is 0 Å². The summed E-state index contributed by atoms with van der Waals surface area (Å²) in [5.41, 5.74) is 3.27. The number of nitrogens with zero attached hydrogens (tertiary/aromatic N) is 4. The number of hydrogen-bond donors (Lipinski definition) is 1. The normalized spacial score (nSPS) is 20.6. The lowest BCUT2D eigenvalue weighted by molar-refractivity contribution is -0.128. The van der Waals surface area contributed by atoms with Crippen molar-refractivity contribution in [3.63, 3.8) is 0 Å². The lowest BCUT2D eigenvalue weighted by Gasteiger charge is -2.23. The number of aryl methyl sites for hydroxylation is 3.